The SMILES string of the molecule is CCc1ccccc1NC(=O)c1ccc(N(C)S(=O)(=O)c2ccccc2)c(C)c1. The molecule has 0 saturated carbocycles. The monoisotopic (exact) mass is 408 g/mol. The van der Waals surface area contributed by atoms with Crippen LogP contribution < -0.4 is 9.62 Å². The zero-order valence-corrected chi connectivity index (χ0v) is 17.5. The molecular formula is C23H24N2O3S. The van der Waals surface area contributed by atoms with Crippen LogP contribution in [0.4, 0.5) is 11.4 Å². The van der Waals surface area contributed by atoms with E-state index >= 15 is 0 Å². The molecule has 0 aliphatic carbocycles. The van der Waals surface area contributed by atoms with Crippen LogP contribution in [0.2, 0.25) is 0 Å². The maximum Gasteiger partial charge on any atom is 0.264 e. The summed E-state index contributed by atoms with van der Waals surface area (Å²) in [4.78, 5) is 12.9. The summed E-state index contributed by atoms with van der Waals surface area (Å²) >= 11 is 0. The van der Waals surface area contributed by atoms with Crippen LogP contribution >= 0.6 is 0 Å². The van der Waals surface area contributed by atoms with Gasteiger partial charge in [-0.25, -0.2) is 8.42 Å². The number of nitrogens with one attached hydrogen (secondary N) is 1. The van der Waals surface area contributed by atoms with Crippen molar-refractivity contribution >= 4 is 27.3 Å². The summed E-state index contributed by atoms with van der Waals surface area (Å²) in [6.07, 6.45) is 0.816. The van der Waals surface area contributed by atoms with E-state index in [-0.39, 0.29) is 10.8 Å². The molecule has 3 aromatic rings. The molecule has 0 heterocycles. The highest BCUT2D eigenvalue weighted by Gasteiger charge is 2.22. The highest BCUT2D eigenvalue weighted by molar-refractivity contribution is 7.92. The van der Waals surface area contributed by atoms with Gasteiger partial charge in [0.2, 0.25) is 0 Å². The second kappa shape index (κ2) is 8.49. The summed E-state index contributed by atoms with van der Waals surface area (Å²) in [7, 11) is -2.16. The van der Waals surface area contributed by atoms with Crippen molar-refractivity contribution in [1.82, 2.24) is 0 Å². The Morgan fingerprint density at radius 2 is 1.62 bits per heavy atom. The van der Waals surface area contributed by atoms with E-state index in [1.807, 2.05) is 31.2 Å². The number of rotatable bonds is 6. The average molecular weight is 409 g/mol. The third-order valence-corrected chi connectivity index (χ3v) is 6.63. The van der Waals surface area contributed by atoms with Gasteiger partial charge in [0, 0.05) is 18.3 Å². The Morgan fingerprint density at radius 1 is 0.966 bits per heavy atom. The van der Waals surface area contributed by atoms with Gasteiger partial charge in [0.15, 0.2) is 0 Å². The van der Waals surface area contributed by atoms with E-state index in [0.29, 0.717) is 16.8 Å². The van der Waals surface area contributed by atoms with Crippen LogP contribution in [0.15, 0.2) is 77.7 Å². The topological polar surface area (TPSA) is 66.5 Å². The second-order valence-corrected chi connectivity index (χ2v) is 8.72. The fourth-order valence-electron chi connectivity index (χ4n) is 3.18. The van der Waals surface area contributed by atoms with E-state index in [1.54, 1.807) is 55.5 Å². The molecule has 150 valence electrons. The predicted octanol–water partition coefficient (Wildman–Crippen LogP) is 4.63. The quantitative estimate of drug-likeness (QED) is 0.646. The molecule has 3 rings (SSSR count). The lowest BCUT2D eigenvalue weighted by atomic mass is 10.1. The number of nitrogens with zero attached hydrogens (tertiary/aromatic N) is 1. The molecule has 0 radical (unpaired) electrons. The summed E-state index contributed by atoms with van der Waals surface area (Å²) < 4.78 is 27.0. The first-order valence-electron chi connectivity index (χ1n) is 9.38. The average Bonchev–Trinajstić information content (AvgIpc) is 2.74. The van der Waals surface area contributed by atoms with E-state index in [2.05, 4.69) is 5.32 Å². The van der Waals surface area contributed by atoms with E-state index in [0.717, 1.165) is 17.7 Å². The van der Waals surface area contributed by atoms with E-state index in [4.69, 9.17) is 0 Å². The standard InChI is InChI=1S/C23H24N2O3S/c1-4-18-10-8-9-13-21(18)24-23(26)19-14-15-22(17(2)16-19)25(3)29(27,28)20-11-6-5-7-12-20/h5-16H,4H2,1-3H3,(H,24,26). The number of amides is 1. The third kappa shape index (κ3) is 4.32. The lowest BCUT2D eigenvalue weighted by Crippen LogP contribution is -2.27. The van der Waals surface area contributed by atoms with Crippen molar-refractivity contribution in [2.45, 2.75) is 25.2 Å². The van der Waals surface area contributed by atoms with Crippen LogP contribution in [0.1, 0.15) is 28.4 Å². The van der Waals surface area contributed by atoms with Gasteiger partial charge in [0.25, 0.3) is 15.9 Å². The molecule has 0 saturated heterocycles. The molecule has 0 aromatic heterocycles. The molecule has 0 bridgehead atoms. The molecule has 0 spiro atoms. The zero-order chi connectivity index (χ0) is 21.0. The van der Waals surface area contributed by atoms with Crippen molar-refractivity contribution in [3.05, 3.63) is 89.5 Å². The summed E-state index contributed by atoms with van der Waals surface area (Å²) in [6.45, 7) is 3.83. The van der Waals surface area contributed by atoms with Crippen LogP contribution in [-0.2, 0) is 16.4 Å². The predicted molar refractivity (Wildman–Crippen MR) is 117 cm³/mol. The van der Waals surface area contributed by atoms with Crippen molar-refractivity contribution < 1.29 is 13.2 Å². The Hall–Kier alpha value is -3.12. The van der Waals surface area contributed by atoms with Gasteiger partial charge >= 0.3 is 0 Å². The first-order chi connectivity index (χ1) is 13.8. The number of hydrogen-bond donors (Lipinski definition) is 1. The Morgan fingerprint density at radius 3 is 2.28 bits per heavy atom. The maximum atomic E-state index is 12.9. The molecule has 0 aliphatic heterocycles. The molecule has 1 N–H and O–H groups in total. The van der Waals surface area contributed by atoms with Gasteiger partial charge in [-0.2, -0.15) is 0 Å². The normalized spacial score (nSPS) is 11.1. The van der Waals surface area contributed by atoms with Gasteiger partial charge in [-0.05, 0) is 60.9 Å². The molecule has 29 heavy (non-hydrogen) atoms. The highest BCUT2D eigenvalue weighted by Crippen LogP contribution is 2.26. The Bertz CT molecular complexity index is 1130. The zero-order valence-electron chi connectivity index (χ0n) is 16.7. The summed E-state index contributed by atoms with van der Waals surface area (Å²) in [5.74, 6) is -0.228. The first kappa shape index (κ1) is 20.6. The minimum Gasteiger partial charge on any atom is -0.322 e. The van der Waals surface area contributed by atoms with Crippen molar-refractivity contribution in [3.8, 4) is 0 Å². The third-order valence-electron chi connectivity index (χ3n) is 4.85. The van der Waals surface area contributed by atoms with Crippen molar-refractivity contribution in [2.75, 3.05) is 16.7 Å². The van der Waals surface area contributed by atoms with E-state index in [9.17, 15) is 13.2 Å². The van der Waals surface area contributed by atoms with Crippen LogP contribution in [0.3, 0.4) is 0 Å². The smallest absolute Gasteiger partial charge is 0.264 e. The molecule has 0 aliphatic rings. The fourth-order valence-corrected chi connectivity index (χ4v) is 4.46. The second-order valence-electron chi connectivity index (χ2n) is 6.75. The number of hydrogen-bond acceptors (Lipinski definition) is 3. The summed E-state index contributed by atoms with van der Waals surface area (Å²) in [5.41, 5.74) is 3.54. The molecular weight excluding hydrogens is 384 g/mol. The van der Waals surface area contributed by atoms with E-state index < -0.39 is 10.0 Å². The van der Waals surface area contributed by atoms with Crippen LogP contribution in [0.5, 0.6) is 0 Å². The summed E-state index contributed by atoms with van der Waals surface area (Å²) in [5, 5.41) is 2.94. The van der Waals surface area contributed by atoms with Gasteiger partial charge in [0.1, 0.15) is 0 Å². The lowest BCUT2D eigenvalue weighted by Gasteiger charge is -2.22. The van der Waals surface area contributed by atoms with Gasteiger partial charge < -0.3 is 5.32 Å². The minimum absolute atomic E-state index is 0.222. The molecule has 6 heteroatoms. The van der Waals surface area contributed by atoms with Gasteiger partial charge in [-0.1, -0.05) is 43.3 Å². The number of sulfonamides is 1. The van der Waals surface area contributed by atoms with Crippen LogP contribution in [0.25, 0.3) is 0 Å². The lowest BCUT2D eigenvalue weighted by molar-refractivity contribution is 0.102. The van der Waals surface area contributed by atoms with Gasteiger partial charge in [0.05, 0.1) is 10.6 Å². The van der Waals surface area contributed by atoms with Crippen LogP contribution in [0, 0.1) is 6.92 Å². The van der Waals surface area contributed by atoms with Crippen LogP contribution in [-0.4, -0.2) is 21.4 Å². The Labute approximate surface area is 172 Å². The number of para-hydroxylation sites is 1. The van der Waals surface area contributed by atoms with Gasteiger partial charge in [-0.15, -0.1) is 0 Å². The summed E-state index contributed by atoms with van der Waals surface area (Å²) in [6, 6.07) is 21.0. The molecule has 0 fully saturated rings. The molecule has 0 unspecified atom stereocenters. The largest absolute Gasteiger partial charge is 0.322 e. The fraction of sp³-hybridized carbons (Fsp3) is 0.174. The number of carbonyl (C=O) groups excluding carboxylic acids is 1. The number of carbonyl (C=O) groups is 1. The van der Waals surface area contributed by atoms with Gasteiger partial charge in [-0.3, -0.25) is 9.10 Å². The minimum atomic E-state index is -3.67. The van der Waals surface area contributed by atoms with E-state index in [1.165, 1.54) is 11.4 Å². The first-order valence-corrected chi connectivity index (χ1v) is 10.8. The van der Waals surface area contributed by atoms with Crippen molar-refractivity contribution in [2.24, 2.45) is 0 Å². The highest BCUT2D eigenvalue weighted by atomic mass is 32.2. The number of aryl methyl sites for hydroxylation is 2. The molecule has 5 nitrogen and oxygen atoms in total. The number of benzene rings is 3. The number of anilines is 2. The Kier molecular flexibility index (Phi) is 6.03. The maximum absolute atomic E-state index is 12.9. The molecule has 3 aromatic carbocycles. The molecule has 0 atom stereocenters. The Balaban J connectivity index is 1.86. The van der Waals surface area contributed by atoms with Crippen molar-refractivity contribution in [1.29, 1.82) is 0 Å². The van der Waals surface area contributed by atoms with Crippen molar-refractivity contribution in [3.63, 3.8) is 0 Å². The molecule has 1 amide bonds.